The van der Waals surface area contributed by atoms with Crippen LogP contribution in [-0.2, 0) is 14.3 Å². The maximum atomic E-state index is 12.8. The maximum absolute atomic E-state index is 12.8. The number of aromatic nitrogens is 1. The molecule has 2 heterocycles. The standard InChI is InChI=1S/C19H23N7O4/c20-12-16(27)22-15-7-6-14(17(21)23-15)24-25-18(26-8-10-29-11-9-26)19(28)30-13-4-2-1-3-5-13/h1-7,18H,8-12,20H2,(H3,21,22,23,27)/b25-24+. The van der Waals surface area contributed by atoms with Crippen LogP contribution < -0.4 is 21.5 Å². The van der Waals surface area contributed by atoms with Crippen LogP contribution in [0.15, 0.2) is 52.7 Å². The second-order valence-corrected chi connectivity index (χ2v) is 6.32. The predicted octanol–water partition coefficient (Wildman–Crippen LogP) is 0.909. The van der Waals surface area contributed by atoms with E-state index in [1.807, 2.05) is 11.0 Å². The fourth-order valence-electron chi connectivity index (χ4n) is 2.68. The Bertz CT molecular complexity index is 901. The van der Waals surface area contributed by atoms with Gasteiger partial charge in [-0.15, -0.1) is 5.11 Å². The summed E-state index contributed by atoms with van der Waals surface area (Å²) in [5, 5.41) is 10.8. The zero-order chi connectivity index (χ0) is 21.3. The lowest BCUT2D eigenvalue weighted by Gasteiger charge is -2.29. The van der Waals surface area contributed by atoms with E-state index >= 15 is 0 Å². The Balaban J connectivity index is 1.77. The average Bonchev–Trinajstić information content (AvgIpc) is 2.76. The number of para-hydroxylation sites is 1. The highest BCUT2D eigenvalue weighted by Gasteiger charge is 2.29. The van der Waals surface area contributed by atoms with Crippen molar-refractivity contribution in [3.05, 3.63) is 42.5 Å². The molecule has 30 heavy (non-hydrogen) atoms. The molecule has 1 aliphatic rings. The molecule has 1 atom stereocenters. The smallest absolute Gasteiger partial charge is 0.353 e. The van der Waals surface area contributed by atoms with Crippen LogP contribution in [0, 0.1) is 0 Å². The minimum atomic E-state index is -0.967. The lowest BCUT2D eigenvalue weighted by Crippen LogP contribution is -2.47. The van der Waals surface area contributed by atoms with Crippen molar-refractivity contribution in [2.45, 2.75) is 6.17 Å². The first kappa shape index (κ1) is 21.3. The van der Waals surface area contributed by atoms with Gasteiger partial charge in [-0.05, 0) is 24.3 Å². The molecule has 0 bridgehead atoms. The quantitative estimate of drug-likeness (QED) is 0.343. The van der Waals surface area contributed by atoms with Crippen molar-refractivity contribution in [2.24, 2.45) is 16.0 Å². The molecular weight excluding hydrogens is 390 g/mol. The second kappa shape index (κ2) is 10.4. The molecule has 0 radical (unpaired) electrons. The molecule has 5 N–H and O–H groups in total. The van der Waals surface area contributed by atoms with Crippen molar-refractivity contribution in [1.29, 1.82) is 0 Å². The number of nitrogens with zero attached hydrogens (tertiary/aromatic N) is 4. The number of hydrogen-bond acceptors (Lipinski definition) is 10. The first-order chi connectivity index (χ1) is 14.6. The maximum Gasteiger partial charge on any atom is 0.353 e. The van der Waals surface area contributed by atoms with E-state index in [-0.39, 0.29) is 23.9 Å². The van der Waals surface area contributed by atoms with Gasteiger partial charge in [-0.1, -0.05) is 18.2 Å². The van der Waals surface area contributed by atoms with Crippen LogP contribution in [-0.4, -0.2) is 60.8 Å². The Kier molecular flexibility index (Phi) is 7.38. The number of morpholine rings is 1. The van der Waals surface area contributed by atoms with Gasteiger partial charge in [0.1, 0.15) is 17.3 Å². The molecule has 1 aromatic carbocycles. The minimum Gasteiger partial charge on any atom is -0.424 e. The molecule has 1 amide bonds. The summed E-state index contributed by atoms with van der Waals surface area (Å²) in [5.41, 5.74) is 11.4. The third-order valence-electron chi connectivity index (χ3n) is 4.19. The number of nitrogens with two attached hydrogens (primary N) is 2. The van der Waals surface area contributed by atoms with Crippen LogP contribution >= 0.6 is 0 Å². The van der Waals surface area contributed by atoms with Crippen LogP contribution in [0.4, 0.5) is 17.3 Å². The molecule has 3 rings (SSSR count). The first-order valence-corrected chi connectivity index (χ1v) is 9.32. The number of esters is 1. The van der Waals surface area contributed by atoms with Gasteiger partial charge in [0.05, 0.1) is 19.8 Å². The molecule has 1 saturated heterocycles. The number of anilines is 2. The van der Waals surface area contributed by atoms with E-state index in [1.54, 1.807) is 24.3 Å². The number of nitrogen functional groups attached to an aromatic ring is 1. The van der Waals surface area contributed by atoms with Gasteiger partial charge >= 0.3 is 5.97 Å². The fraction of sp³-hybridized carbons (Fsp3) is 0.316. The topological polar surface area (TPSA) is 158 Å². The number of ether oxygens (including phenoxy) is 2. The number of azo groups is 1. The Hall–Kier alpha value is -3.41. The van der Waals surface area contributed by atoms with Gasteiger partial charge < -0.3 is 26.3 Å². The molecule has 158 valence electrons. The third-order valence-corrected chi connectivity index (χ3v) is 4.19. The van der Waals surface area contributed by atoms with Crippen molar-refractivity contribution in [1.82, 2.24) is 9.88 Å². The summed E-state index contributed by atoms with van der Waals surface area (Å²) in [6, 6.07) is 11.8. The number of benzene rings is 1. The molecular formula is C19H23N7O4. The number of rotatable bonds is 7. The number of pyridine rings is 1. The van der Waals surface area contributed by atoms with E-state index in [4.69, 9.17) is 20.9 Å². The Labute approximate surface area is 173 Å². The molecule has 11 nitrogen and oxygen atoms in total. The van der Waals surface area contributed by atoms with Gasteiger partial charge in [0.15, 0.2) is 5.82 Å². The summed E-state index contributed by atoms with van der Waals surface area (Å²) < 4.78 is 10.8. The van der Waals surface area contributed by atoms with Crippen LogP contribution in [0.3, 0.4) is 0 Å². The van der Waals surface area contributed by atoms with Gasteiger partial charge in [-0.25, -0.2) is 9.78 Å². The Morgan fingerprint density at radius 3 is 2.60 bits per heavy atom. The molecule has 11 heteroatoms. The van der Waals surface area contributed by atoms with Gasteiger partial charge in [-0.2, -0.15) is 5.11 Å². The molecule has 0 spiro atoms. The molecule has 2 aromatic rings. The number of amides is 1. The zero-order valence-electron chi connectivity index (χ0n) is 16.2. The summed E-state index contributed by atoms with van der Waals surface area (Å²) in [4.78, 5) is 30.0. The zero-order valence-corrected chi connectivity index (χ0v) is 16.2. The van der Waals surface area contributed by atoms with Crippen molar-refractivity contribution in [3.8, 4) is 5.75 Å². The van der Waals surface area contributed by atoms with E-state index in [1.165, 1.54) is 12.1 Å². The average molecular weight is 413 g/mol. The summed E-state index contributed by atoms with van der Waals surface area (Å²) >= 11 is 0. The van der Waals surface area contributed by atoms with Crippen molar-refractivity contribution >= 4 is 29.2 Å². The monoisotopic (exact) mass is 413 g/mol. The number of hydrogen-bond donors (Lipinski definition) is 3. The van der Waals surface area contributed by atoms with Crippen molar-refractivity contribution in [2.75, 3.05) is 43.9 Å². The molecule has 0 aliphatic carbocycles. The van der Waals surface area contributed by atoms with Gasteiger partial charge in [0, 0.05) is 13.1 Å². The summed E-state index contributed by atoms with van der Waals surface area (Å²) in [5.74, 6) is -0.254. The molecule has 1 fully saturated rings. The Morgan fingerprint density at radius 2 is 1.93 bits per heavy atom. The lowest BCUT2D eigenvalue weighted by atomic mass is 10.3. The van der Waals surface area contributed by atoms with E-state index < -0.39 is 18.0 Å². The second-order valence-electron chi connectivity index (χ2n) is 6.32. The molecule has 1 unspecified atom stereocenters. The lowest BCUT2D eigenvalue weighted by molar-refractivity contribution is -0.142. The van der Waals surface area contributed by atoms with Gasteiger partial charge in [0.2, 0.25) is 12.1 Å². The van der Waals surface area contributed by atoms with Crippen LogP contribution in [0.2, 0.25) is 0 Å². The van der Waals surface area contributed by atoms with E-state index in [0.717, 1.165) is 0 Å². The summed E-state index contributed by atoms with van der Waals surface area (Å²) in [7, 11) is 0. The Morgan fingerprint density at radius 1 is 1.20 bits per heavy atom. The number of carbonyl (C=O) groups is 2. The molecule has 1 aromatic heterocycles. The van der Waals surface area contributed by atoms with Gasteiger partial charge in [0.25, 0.3) is 0 Å². The summed E-state index contributed by atoms with van der Waals surface area (Å²) in [6.07, 6.45) is -0.967. The van der Waals surface area contributed by atoms with E-state index in [0.29, 0.717) is 32.1 Å². The van der Waals surface area contributed by atoms with Crippen LogP contribution in [0.5, 0.6) is 5.75 Å². The molecule has 1 aliphatic heterocycles. The van der Waals surface area contributed by atoms with E-state index in [2.05, 4.69) is 20.5 Å². The highest BCUT2D eigenvalue weighted by molar-refractivity contribution is 5.91. The SMILES string of the molecule is NCC(=O)Nc1ccc(/N=N/C(C(=O)Oc2ccccc2)N2CCOCC2)c(N)n1. The minimum absolute atomic E-state index is 0.0470. The third kappa shape index (κ3) is 5.80. The van der Waals surface area contributed by atoms with E-state index in [9.17, 15) is 9.59 Å². The largest absolute Gasteiger partial charge is 0.424 e. The fourth-order valence-corrected chi connectivity index (χ4v) is 2.68. The predicted molar refractivity (Wildman–Crippen MR) is 109 cm³/mol. The van der Waals surface area contributed by atoms with Crippen molar-refractivity contribution in [3.63, 3.8) is 0 Å². The number of carbonyl (C=O) groups excluding carboxylic acids is 2. The van der Waals surface area contributed by atoms with Crippen molar-refractivity contribution < 1.29 is 19.1 Å². The van der Waals surface area contributed by atoms with Crippen LogP contribution in [0.25, 0.3) is 0 Å². The number of nitrogens with one attached hydrogen (secondary N) is 1. The highest BCUT2D eigenvalue weighted by Crippen LogP contribution is 2.23. The normalized spacial score (nSPS) is 15.6. The van der Waals surface area contributed by atoms with Crippen LogP contribution in [0.1, 0.15) is 0 Å². The first-order valence-electron chi connectivity index (χ1n) is 9.32. The van der Waals surface area contributed by atoms with Gasteiger partial charge in [-0.3, -0.25) is 9.69 Å². The highest BCUT2D eigenvalue weighted by atomic mass is 16.5. The summed E-state index contributed by atoms with van der Waals surface area (Å²) in [6.45, 7) is 1.79. The molecule has 0 saturated carbocycles.